The van der Waals surface area contributed by atoms with Gasteiger partial charge in [0.05, 0.1) is 6.10 Å². The second kappa shape index (κ2) is 5.19. The normalized spacial score (nSPS) is 24.3. The van der Waals surface area contributed by atoms with Crippen molar-refractivity contribution < 1.29 is 14.6 Å². The summed E-state index contributed by atoms with van der Waals surface area (Å²) in [7, 11) is 0. The lowest BCUT2D eigenvalue weighted by molar-refractivity contribution is 0.119. The van der Waals surface area contributed by atoms with Crippen molar-refractivity contribution in [2.75, 3.05) is 0 Å². The summed E-state index contributed by atoms with van der Waals surface area (Å²) in [5.41, 5.74) is 6.11. The van der Waals surface area contributed by atoms with E-state index in [4.69, 9.17) is 10.5 Å². The van der Waals surface area contributed by atoms with Crippen molar-refractivity contribution in [1.82, 2.24) is 0 Å². The Morgan fingerprint density at radius 3 is 2.59 bits per heavy atom. The zero-order valence-electron chi connectivity index (χ0n) is 9.63. The van der Waals surface area contributed by atoms with Gasteiger partial charge in [-0.15, -0.1) is 0 Å². The minimum Gasteiger partial charge on any atom is -0.411 e. The monoisotopic (exact) mass is 235 g/mol. The lowest BCUT2D eigenvalue weighted by Gasteiger charge is -2.26. The molecule has 17 heavy (non-hydrogen) atoms. The van der Waals surface area contributed by atoms with E-state index in [9.17, 15) is 9.90 Å². The number of hydrogen-bond donors (Lipinski definition) is 2. The predicted octanol–water partition coefficient (Wildman–Crippen LogP) is 2.16. The minimum atomic E-state index is -0.800. The van der Waals surface area contributed by atoms with Crippen LogP contribution in [0.25, 0.3) is 0 Å². The van der Waals surface area contributed by atoms with Crippen LogP contribution in [0.4, 0.5) is 4.79 Å². The molecule has 4 nitrogen and oxygen atoms in total. The van der Waals surface area contributed by atoms with Crippen LogP contribution in [0.5, 0.6) is 5.75 Å². The number of hydrogen-bond acceptors (Lipinski definition) is 3. The molecule has 2 atom stereocenters. The maximum absolute atomic E-state index is 10.6. The number of rotatable bonds is 2. The summed E-state index contributed by atoms with van der Waals surface area (Å²) < 4.78 is 4.77. The van der Waals surface area contributed by atoms with Gasteiger partial charge in [0.25, 0.3) is 0 Å². The molecule has 4 heteroatoms. The van der Waals surface area contributed by atoms with Gasteiger partial charge in [-0.2, -0.15) is 0 Å². The summed E-state index contributed by atoms with van der Waals surface area (Å²) >= 11 is 0. The van der Waals surface area contributed by atoms with E-state index in [0.717, 1.165) is 25.7 Å². The first-order valence-corrected chi connectivity index (χ1v) is 5.90. The van der Waals surface area contributed by atoms with Crippen molar-refractivity contribution in [2.24, 2.45) is 5.73 Å². The molecular weight excluding hydrogens is 218 g/mol. The molecule has 2 unspecified atom stereocenters. The molecule has 1 aliphatic carbocycles. The standard InChI is InChI=1S/C13H17NO3/c14-13(16)17-12-6-4-9(5-7-12)10-2-1-3-11(15)8-10/h4-7,10-11,15H,1-3,8H2,(H2,14,16). The zero-order valence-corrected chi connectivity index (χ0v) is 9.63. The average molecular weight is 235 g/mol. The van der Waals surface area contributed by atoms with E-state index in [2.05, 4.69) is 0 Å². The second-order valence-corrected chi connectivity index (χ2v) is 4.51. The molecule has 0 saturated heterocycles. The maximum Gasteiger partial charge on any atom is 0.409 e. The predicted molar refractivity (Wildman–Crippen MR) is 63.9 cm³/mol. The highest BCUT2D eigenvalue weighted by atomic mass is 16.5. The molecule has 1 aromatic carbocycles. The number of carbonyl (C=O) groups excluding carboxylic acids is 1. The molecule has 1 saturated carbocycles. The first-order valence-electron chi connectivity index (χ1n) is 5.90. The number of nitrogens with two attached hydrogens (primary N) is 1. The summed E-state index contributed by atoms with van der Waals surface area (Å²) in [5.74, 6) is 0.860. The largest absolute Gasteiger partial charge is 0.411 e. The smallest absolute Gasteiger partial charge is 0.409 e. The average Bonchev–Trinajstić information content (AvgIpc) is 2.29. The van der Waals surface area contributed by atoms with Gasteiger partial charge in [0, 0.05) is 0 Å². The Labute approximate surface area is 100 Å². The van der Waals surface area contributed by atoms with Gasteiger partial charge in [0.15, 0.2) is 0 Å². The highest BCUT2D eigenvalue weighted by molar-refractivity contribution is 5.68. The van der Waals surface area contributed by atoms with Crippen molar-refractivity contribution in [3.63, 3.8) is 0 Å². The van der Waals surface area contributed by atoms with Crippen LogP contribution < -0.4 is 10.5 Å². The van der Waals surface area contributed by atoms with E-state index < -0.39 is 6.09 Å². The highest BCUT2D eigenvalue weighted by Crippen LogP contribution is 2.33. The van der Waals surface area contributed by atoms with Gasteiger partial charge in [-0.3, -0.25) is 0 Å². The summed E-state index contributed by atoms with van der Waals surface area (Å²) in [5, 5.41) is 9.63. The maximum atomic E-state index is 10.6. The van der Waals surface area contributed by atoms with Crippen LogP contribution in [-0.2, 0) is 0 Å². The molecule has 0 aromatic heterocycles. The SMILES string of the molecule is NC(=O)Oc1ccc(C2CCCC(O)C2)cc1. The molecule has 92 valence electrons. The topological polar surface area (TPSA) is 72.6 Å². The van der Waals surface area contributed by atoms with Crippen LogP contribution in [0.15, 0.2) is 24.3 Å². The van der Waals surface area contributed by atoms with E-state index in [1.54, 1.807) is 12.1 Å². The summed E-state index contributed by atoms with van der Waals surface area (Å²) in [6.45, 7) is 0. The third-order valence-corrected chi connectivity index (χ3v) is 3.22. The Bertz CT molecular complexity index is 388. The number of amides is 1. The van der Waals surface area contributed by atoms with Crippen molar-refractivity contribution in [1.29, 1.82) is 0 Å². The van der Waals surface area contributed by atoms with Crippen LogP contribution >= 0.6 is 0 Å². The van der Waals surface area contributed by atoms with Gasteiger partial charge >= 0.3 is 6.09 Å². The quantitative estimate of drug-likeness (QED) is 0.825. The van der Waals surface area contributed by atoms with Gasteiger partial charge in [0.2, 0.25) is 0 Å². The Morgan fingerprint density at radius 2 is 2.00 bits per heavy atom. The third-order valence-electron chi connectivity index (χ3n) is 3.22. The lowest BCUT2D eigenvalue weighted by Crippen LogP contribution is -2.18. The molecule has 1 amide bonds. The molecule has 0 bridgehead atoms. The molecule has 1 fully saturated rings. The third kappa shape index (κ3) is 3.20. The summed E-state index contributed by atoms with van der Waals surface area (Å²) in [6, 6.07) is 7.34. The Morgan fingerprint density at radius 1 is 1.29 bits per heavy atom. The van der Waals surface area contributed by atoms with Crippen molar-refractivity contribution in [2.45, 2.75) is 37.7 Å². The number of benzene rings is 1. The zero-order chi connectivity index (χ0) is 12.3. The molecule has 2 rings (SSSR count). The first-order chi connectivity index (χ1) is 8.15. The fourth-order valence-electron chi connectivity index (χ4n) is 2.39. The molecule has 1 aliphatic rings. The van der Waals surface area contributed by atoms with Crippen molar-refractivity contribution in [3.8, 4) is 5.75 Å². The Balaban J connectivity index is 2.04. The van der Waals surface area contributed by atoms with Crippen molar-refractivity contribution in [3.05, 3.63) is 29.8 Å². The van der Waals surface area contributed by atoms with Crippen LogP contribution in [-0.4, -0.2) is 17.3 Å². The van der Waals surface area contributed by atoms with Crippen molar-refractivity contribution >= 4 is 6.09 Å². The van der Waals surface area contributed by atoms with Gasteiger partial charge in [-0.25, -0.2) is 4.79 Å². The Hall–Kier alpha value is -1.55. The molecule has 3 N–H and O–H groups in total. The molecule has 0 aliphatic heterocycles. The second-order valence-electron chi connectivity index (χ2n) is 4.51. The highest BCUT2D eigenvalue weighted by Gasteiger charge is 2.21. The van der Waals surface area contributed by atoms with E-state index in [1.807, 2.05) is 12.1 Å². The number of aliphatic hydroxyl groups is 1. The molecule has 1 aromatic rings. The minimum absolute atomic E-state index is 0.185. The van der Waals surface area contributed by atoms with Gasteiger partial charge < -0.3 is 15.6 Å². The first kappa shape index (κ1) is 11.9. The molecular formula is C13H17NO3. The van der Waals surface area contributed by atoms with Crippen LogP contribution in [0.2, 0.25) is 0 Å². The number of primary amides is 1. The number of ether oxygens (including phenoxy) is 1. The number of carbonyl (C=O) groups is 1. The Kier molecular flexibility index (Phi) is 3.64. The molecule has 0 radical (unpaired) electrons. The van der Waals surface area contributed by atoms with Gasteiger partial charge in [-0.1, -0.05) is 18.6 Å². The lowest BCUT2D eigenvalue weighted by atomic mass is 9.82. The van der Waals surface area contributed by atoms with E-state index in [-0.39, 0.29) is 6.10 Å². The fraction of sp³-hybridized carbons (Fsp3) is 0.462. The fourth-order valence-corrected chi connectivity index (χ4v) is 2.39. The summed E-state index contributed by atoms with van der Waals surface area (Å²) in [6.07, 6.45) is 2.90. The van der Waals surface area contributed by atoms with Crippen LogP contribution in [0.3, 0.4) is 0 Å². The van der Waals surface area contributed by atoms with E-state index >= 15 is 0 Å². The van der Waals surface area contributed by atoms with E-state index in [0.29, 0.717) is 11.7 Å². The number of aliphatic hydroxyl groups excluding tert-OH is 1. The van der Waals surface area contributed by atoms with Gasteiger partial charge in [-0.05, 0) is 42.9 Å². The van der Waals surface area contributed by atoms with Crippen LogP contribution in [0, 0.1) is 0 Å². The summed E-state index contributed by atoms with van der Waals surface area (Å²) in [4.78, 5) is 10.6. The van der Waals surface area contributed by atoms with E-state index in [1.165, 1.54) is 5.56 Å². The molecule has 0 spiro atoms. The molecule has 0 heterocycles. The van der Waals surface area contributed by atoms with Gasteiger partial charge in [0.1, 0.15) is 5.75 Å². The van der Waals surface area contributed by atoms with Crippen LogP contribution in [0.1, 0.15) is 37.2 Å².